The lowest BCUT2D eigenvalue weighted by molar-refractivity contribution is -0.870. The van der Waals surface area contributed by atoms with Crippen molar-refractivity contribution in [1.29, 1.82) is 0 Å². The van der Waals surface area contributed by atoms with Gasteiger partial charge in [-0.3, -0.25) is 13.8 Å². The van der Waals surface area contributed by atoms with Crippen LogP contribution in [0.5, 0.6) is 0 Å². The molecule has 0 saturated carbocycles. The number of carbonyl (C=O) groups is 1. The van der Waals surface area contributed by atoms with Gasteiger partial charge in [0.1, 0.15) is 13.2 Å². The summed E-state index contributed by atoms with van der Waals surface area (Å²) in [5.41, 5.74) is 0. The third-order valence-corrected chi connectivity index (χ3v) is 11.5. The Hall–Kier alpha value is -0.760. The van der Waals surface area contributed by atoms with Gasteiger partial charge in [-0.2, -0.15) is 0 Å². The molecule has 54 heavy (non-hydrogen) atoms. The molecule has 0 spiro atoms. The Morgan fingerprint density at radius 2 is 1.00 bits per heavy atom. The van der Waals surface area contributed by atoms with E-state index in [2.05, 4.69) is 31.3 Å². The summed E-state index contributed by atoms with van der Waals surface area (Å²) in [5, 5.41) is 14.0. The molecule has 0 saturated heterocycles. The standard InChI is InChI=1S/C45H91N2O6P/c1-6-8-10-12-14-16-18-20-22-23-24-25-27-29-31-33-35-37-39-45(49)46-43(42-53-54(50,51)52-41-40-47(3,4)5)44(48)38-36-34-32-30-28-26-21-19-17-15-13-11-9-7-2/h24-25,43-44,48H,6-23,26-42H2,1-5H3,(H-,46,49,50,51)/p+1/b25-24-. The molecule has 322 valence electrons. The van der Waals surface area contributed by atoms with E-state index >= 15 is 0 Å². The van der Waals surface area contributed by atoms with Crippen LogP contribution >= 0.6 is 7.82 Å². The molecule has 9 heteroatoms. The topological polar surface area (TPSA) is 105 Å². The molecule has 0 heterocycles. The molecule has 1 amide bonds. The van der Waals surface area contributed by atoms with Crippen LogP contribution in [0.2, 0.25) is 0 Å². The smallest absolute Gasteiger partial charge is 0.391 e. The van der Waals surface area contributed by atoms with Gasteiger partial charge in [-0.05, 0) is 38.5 Å². The number of aliphatic hydroxyl groups is 1. The molecule has 0 bridgehead atoms. The maximum absolute atomic E-state index is 12.9. The molecule has 3 unspecified atom stereocenters. The van der Waals surface area contributed by atoms with Gasteiger partial charge in [0.05, 0.1) is 39.9 Å². The zero-order valence-electron chi connectivity index (χ0n) is 36.5. The van der Waals surface area contributed by atoms with Crippen molar-refractivity contribution >= 4 is 13.7 Å². The predicted molar refractivity (Wildman–Crippen MR) is 231 cm³/mol. The summed E-state index contributed by atoms with van der Waals surface area (Å²) in [6, 6.07) is -0.760. The SMILES string of the molecule is CCCCCCCCCCC/C=C\CCCCCCCC(=O)NC(COP(=O)(O)OCC[N+](C)(C)C)C(O)CCCCCCCCCCCCCCCC. The highest BCUT2D eigenvalue weighted by Crippen LogP contribution is 2.43. The van der Waals surface area contributed by atoms with Crippen LogP contribution in [0, 0.1) is 0 Å². The van der Waals surface area contributed by atoms with Crippen molar-refractivity contribution in [1.82, 2.24) is 5.32 Å². The van der Waals surface area contributed by atoms with E-state index in [1.807, 2.05) is 21.1 Å². The number of unbranched alkanes of at least 4 members (excludes halogenated alkanes) is 27. The number of allylic oxidation sites excluding steroid dienone is 2. The number of hydrogen-bond donors (Lipinski definition) is 3. The highest BCUT2D eigenvalue weighted by Gasteiger charge is 2.28. The minimum Gasteiger partial charge on any atom is -0.391 e. The summed E-state index contributed by atoms with van der Waals surface area (Å²) in [6.07, 6.45) is 42.3. The molecule has 0 fully saturated rings. The second-order valence-corrected chi connectivity index (χ2v) is 18.6. The van der Waals surface area contributed by atoms with E-state index < -0.39 is 20.0 Å². The molecule has 0 radical (unpaired) electrons. The van der Waals surface area contributed by atoms with Crippen LogP contribution in [-0.4, -0.2) is 73.4 Å². The maximum atomic E-state index is 12.9. The summed E-state index contributed by atoms with van der Waals surface area (Å²) < 4.78 is 23.6. The summed E-state index contributed by atoms with van der Waals surface area (Å²) in [7, 11) is 1.62. The van der Waals surface area contributed by atoms with Gasteiger partial charge >= 0.3 is 7.82 Å². The number of nitrogens with one attached hydrogen (secondary N) is 1. The third-order valence-electron chi connectivity index (χ3n) is 10.5. The lowest BCUT2D eigenvalue weighted by Gasteiger charge is -2.26. The average molecular weight is 788 g/mol. The molecule has 0 aromatic heterocycles. The Bertz CT molecular complexity index is 896. The highest BCUT2D eigenvalue weighted by atomic mass is 31.2. The molecular weight excluding hydrogens is 695 g/mol. The molecule has 0 aromatic rings. The number of aliphatic hydroxyl groups excluding tert-OH is 1. The molecule has 0 aliphatic carbocycles. The third kappa shape index (κ3) is 39.5. The van der Waals surface area contributed by atoms with Crippen molar-refractivity contribution in [2.24, 2.45) is 0 Å². The number of hydrogen-bond acceptors (Lipinski definition) is 5. The molecular formula is C45H92N2O6P+. The van der Waals surface area contributed by atoms with Gasteiger partial charge in [-0.15, -0.1) is 0 Å². The molecule has 8 nitrogen and oxygen atoms in total. The first-order valence-electron chi connectivity index (χ1n) is 23.1. The Labute approximate surface area is 335 Å². The monoisotopic (exact) mass is 788 g/mol. The van der Waals surface area contributed by atoms with Gasteiger partial charge in [0.25, 0.3) is 0 Å². The Balaban J connectivity index is 4.33. The number of carbonyl (C=O) groups excluding carboxylic acids is 1. The van der Waals surface area contributed by atoms with Crippen LogP contribution in [0.4, 0.5) is 0 Å². The first-order chi connectivity index (χ1) is 26.0. The van der Waals surface area contributed by atoms with Crippen molar-refractivity contribution in [3.8, 4) is 0 Å². The number of likely N-dealkylation sites (N-methyl/N-ethyl adjacent to an activating group) is 1. The molecule has 0 aromatic carbocycles. The number of phosphoric ester groups is 1. The maximum Gasteiger partial charge on any atom is 0.472 e. The summed E-state index contributed by atoms with van der Waals surface area (Å²) in [4.78, 5) is 23.1. The fraction of sp³-hybridized carbons (Fsp3) is 0.933. The lowest BCUT2D eigenvalue weighted by atomic mass is 10.0. The van der Waals surface area contributed by atoms with Crippen molar-refractivity contribution in [3.05, 3.63) is 12.2 Å². The Morgan fingerprint density at radius 3 is 1.43 bits per heavy atom. The number of nitrogens with zero attached hydrogens (tertiary/aromatic N) is 1. The molecule has 0 aliphatic heterocycles. The summed E-state index contributed by atoms with van der Waals surface area (Å²) in [6.45, 7) is 4.89. The van der Waals surface area contributed by atoms with Crippen LogP contribution < -0.4 is 5.32 Å². The van der Waals surface area contributed by atoms with Crippen LogP contribution in [0.1, 0.15) is 219 Å². The number of amides is 1. The quantitative estimate of drug-likeness (QED) is 0.0246. The molecule has 3 atom stereocenters. The van der Waals surface area contributed by atoms with Crippen molar-refractivity contribution in [2.75, 3.05) is 40.9 Å². The van der Waals surface area contributed by atoms with E-state index in [-0.39, 0.29) is 19.1 Å². The van der Waals surface area contributed by atoms with Gasteiger partial charge < -0.3 is 19.8 Å². The minimum absolute atomic E-state index is 0.0749. The zero-order chi connectivity index (χ0) is 40.0. The first-order valence-corrected chi connectivity index (χ1v) is 24.5. The van der Waals surface area contributed by atoms with Crippen LogP contribution in [-0.2, 0) is 18.4 Å². The van der Waals surface area contributed by atoms with Crippen molar-refractivity contribution < 1.29 is 32.9 Å². The van der Waals surface area contributed by atoms with E-state index in [1.54, 1.807) is 0 Å². The lowest BCUT2D eigenvalue weighted by Crippen LogP contribution is -2.46. The molecule has 3 N–H and O–H groups in total. The zero-order valence-corrected chi connectivity index (χ0v) is 37.4. The largest absolute Gasteiger partial charge is 0.472 e. The normalized spacial score (nSPS) is 14.4. The molecule has 0 rings (SSSR count). The average Bonchev–Trinajstić information content (AvgIpc) is 3.12. The predicted octanol–water partition coefficient (Wildman–Crippen LogP) is 12.8. The molecule has 0 aliphatic rings. The highest BCUT2D eigenvalue weighted by molar-refractivity contribution is 7.47. The van der Waals surface area contributed by atoms with E-state index in [9.17, 15) is 19.4 Å². The van der Waals surface area contributed by atoms with E-state index in [0.29, 0.717) is 23.9 Å². The number of quaternary nitrogens is 1. The van der Waals surface area contributed by atoms with Crippen molar-refractivity contribution in [2.45, 2.75) is 231 Å². The Morgan fingerprint density at radius 1 is 0.611 bits per heavy atom. The Kier molecular flexibility index (Phi) is 37.3. The van der Waals surface area contributed by atoms with Crippen LogP contribution in [0.15, 0.2) is 12.2 Å². The van der Waals surface area contributed by atoms with E-state index in [4.69, 9.17) is 9.05 Å². The number of rotatable bonds is 42. The summed E-state index contributed by atoms with van der Waals surface area (Å²) >= 11 is 0. The van der Waals surface area contributed by atoms with Crippen LogP contribution in [0.3, 0.4) is 0 Å². The fourth-order valence-corrected chi connectivity index (χ4v) is 7.54. The van der Waals surface area contributed by atoms with Crippen molar-refractivity contribution in [3.63, 3.8) is 0 Å². The van der Waals surface area contributed by atoms with E-state index in [0.717, 1.165) is 51.4 Å². The second kappa shape index (κ2) is 37.8. The minimum atomic E-state index is -4.31. The number of phosphoric acid groups is 1. The van der Waals surface area contributed by atoms with Gasteiger partial charge in [0.2, 0.25) is 5.91 Å². The van der Waals surface area contributed by atoms with Gasteiger partial charge in [0.15, 0.2) is 0 Å². The van der Waals surface area contributed by atoms with E-state index in [1.165, 1.54) is 141 Å². The van der Waals surface area contributed by atoms with Crippen LogP contribution in [0.25, 0.3) is 0 Å². The fourth-order valence-electron chi connectivity index (χ4n) is 6.81. The first kappa shape index (κ1) is 53.2. The second-order valence-electron chi connectivity index (χ2n) is 17.1. The van der Waals surface area contributed by atoms with Gasteiger partial charge in [-0.25, -0.2) is 4.57 Å². The summed E-state index contributed by atoms with van der Waals surface area (Å²) in [5.74, 6) is -0.151. The van der Waals surface area contributed by atoms with Gasteiger partial charge in [0, 0.05) is 6.42 Å². The van der Waals surface area contributed by atoms with Gasteiger partial charge in [-0.1, -0.05) is 187 Å².